The summed E-state index contributed by atoms with van der Waals surface area (Å²) in [6.07, 6.45) is -1.06. The molecule has 36 heavy (non-hydrogen) atoms. The van der Waals surface area contributed by atoms with Crippen LogP contribution in [0.3, 0.4) is 0 Å². The van der Waals surface area contributed by atoms with E-state index in [9.17, 15) is 18.4 Å². The second-order valence-electron chi connectivity index (χ2n) is 10.0. The Hall–Kier alpha value is -2.73. The first kappa shape index (κ1) is 26.3. The van der Waals surface area contributed by atoms with Crippen molar-refractivity contribution in [1.82, 2.24) is 15.0 Å². The van der Waals surface area contributed by atoms with E-state index in [1.54, 1.807) is 32.2 Å². The summed E-state index contributed by atoms with van der Waals surface area (Å²) in [6, 6.07) is 1.18. The van der Waals surface area contributed by atoms with Crippen LogP contribution >= 0.6 is 11.3 Å². The number of anilines is 2. The summed E-state index contributed by atoms with van der Waals surface area (Å²) >= 11 is 1.23. The summed E-state index contributed by atoms with van der Waals surface area (Å²) in [4.78, 5) is 42.3. The van der Waals surface area contributed by atoms with Crippen LogP contribution in [0.2, 0.25) is 0 Å². The van der Waals surface area contributed by atoms with Gasteiger partial charge in [-0.2, -0.15) is 0 Å². The number of ether oxygens (including phenoxy) is 2. The largest absolute Gasteiger partial charge is 0.443 e. The van der Waals surface area contributed by atoms with Crippen LogP contribution < -0.4 is 9.80 Å². The Balaban J connectivity index is 1.79. The van der Waals surface area contributed by atoms with Gasteiger partial charge < -0.3 is 14.4 Å². The van der Waals surface area contributed by atoms with Gasteiger partial charge in [0, 0.05) is 50.3 Å². The third-order valence-electron chi connectivity index (χ3n) is 5.98. The lowest BCUT2D eigenvalue weighted by molar-refractivity contribution is -0.0388. The number of nitrogens with zero attached hydrogens (tertiary/aromatic N) is 5. The van der Waals surface area contributed by atoms with Crippen LogP contribution in [0.25, 0.3) is 10.8 Å². The molecule has 0 unspecified atom stereocenters. The van der Waals surface area contributed by atoms with Gasteiger partial charge >= 0.3 is 6.09 Å². The van der Waals surface area contributed by atoms with Crippen molar-refractivity contribution in [3.8, 4) is 10.8 Å². The van der Waals surface area contributed by atoms with E-state index in [0.29, 0.717) is 42.8 Å². The monoisotopic (exact) mass is 523 g/mol. The molecule has 1 saturated carbocycles. The van der Waals surface area contributed by atoms with E-state index in [4.69, 9.17) is 9.47 Å². The zero-order chi connectivity index (χ0) is 26.1. The summed E-state index contributed by atoms with van der Waals surface area (Å²) in [5.41, 5.74) is -0.488. The fourth-order valence-corrected chi connectivity index (χ4v) is 4.95. The lowest BCUT2D eigenvalue weighted by atomic mass is 9.91. The number of halogens is 2. The van der Waals surface area contributed by atoms with Gasteiger partial charge in [0.15, 0.2) is 16.6 Å². The van der Waals surface area contributed by atoms with Gasteiger partial charge in [-0.15, -0.1) is 11.3 Å². The minimum atomic E-state index is -2.75. The van der Waals surface area contributed by atoms with Gasteiger partial charge in [0.25, 0.3) is 0 Å². The highest BCUT2D eigenvalue weighted by Crippen LogP contribution is 2.38. The average molecular weight is 524 g/mol. The fourth-order valence-electron chi connectivity index (χ4n) is 4.16. The van der Waals surface area contributed by atoms with Gasteiger partial charge in [-0.1, -0.05) is 0 Å². The number of hydrogen-bond donors (Lipinski definition) is 0. The molecule has 0 radical (unpaired) electrons. The van der Waals surface area contributed by atoms with Crippen molar-refractivity contribution in [1.29, 1.82) is 0 Å². The Morgan fingerprint density at radius 2 is 1.83 bits per heavy atom. The van der Waals surface area contributed by atoms with Crippen molar-refractivity contribution in [3.05, 3.63) is 17.1 Å². The van der Waals surface area contributed by atoms with Crippen molar-refractivity contribution in [2.75, 3.05) is 36.1 Å². The number of carbonyl (C=O) groups is 2. The molecule has 2 fully saturated rings. The van der Waals surface area contributed by atoms with Gasteiger partial charge in [0.2, 0.25) is 5.92 Å². The van der Waals surface area contributed by atoms with E-state index in [2.05, 4.69) is 15.0 Å². The molecular weight excluding hydrogens is 492 g/mol. The number of morpholine rings is 1. The number of Topliss-reactive ketones (excluding diaryl/α,β-unsaturated/α-hetero) is 1. The van der Waals surface area contributed by atoms with E-state index < -0.39 is 23.7 Å². The molecule has 3 heterocycles. The molecule has 0 atom stereocenters. The quantitative estimate of drug-likeness (QED) is 0.508. The second-order valence-corrected chi connectivity index (χ2v) is 10.9. The number of hydrogen-bond acceptors (Lipinski definition) is 9. The number of alkyl halides is 2. The highest BCUT2D eigenvalue weighted by atomic mass is 32.1. The Morgan fingerprint density at radius 3 is 2.42 bits per heavy atom. The van der Waals surface area contributed by atoms with Crippen LogP contribution in [0.5, 0.6) is 0 Å². The molecular formula is C24H31F2N5O4S. The Kier molecular flexibility index (Phi) is 7.56. The highest BCUT2D eigenvalue weighted by Gasteiger charge is 2.40. The van der Waals surface area contributed by atoms with Crippen molar-refractivity contribution in [2.24, 2.45) is 0 Å². The van der Waals surface area contributed by atoms with Crippen molar-refractivity contribution in [2.45, 2.75) is 70.9 Å². The van der Waals surface area contributed by atoms with Crippen LogP contribution in [0.1, 0.15) is 63.9 Å². The van der Waals surface area contributed by atoms with Crippen molar-refractivity contribution >= 4 is 34.8 Å². The lowest BCUT2D eigenvalue weighted by Crippen LogP contribution is -2.47. The fraction of sp³-hybridized carbons (Fsp3) is 0.625. The van der Waals surface area contributed by atoms with Gasteiger partial charge in [-0.3, -0.25) is 9.69 Å². The van der Waals surface area contributed by atoms with Gasteiger partial charge in [-0.05, 0) is 33.6 Å². The van der Waals surface area contributed by atoms with E-state index in [1.807, 2.05) is 4.90 Å². The molecule has 2 aromatic heterocycles. The predicted molar refractivity (Wildman–Crippen MR) is 132 cm³/mol. The second kappa shape index (κ2) is 10.3. The van der Waals surface area contributed by atoms with Crippen molar-refractivity contribution in [3.63, 3.8) is 0 Å². The van der Waals surface area contributed by atoms with Gasteiger partial charge in [-0.25, -0.2) is 28.5 Å². The third-order valence-corrected chi connectivity index (χ3v) is 6.82. The molecule has 1 amide bonds. The maximum absolute atomic E-state index is 14.0. The molecule has 4 rings (SSSR count). The SMILES string of the molecule is CC(=O)c1csc(-c2nc(N3CCOCC3)cc(N(C(=O)OC(C)(C)C)C3CCC(F)(F)CC3)n2)n1. The average Bonchev–Trinajstić information content (AvgIpc) is 3.30. The molecule has 12 heteroatoms. The molecule has 2 aliphatic rings. The molecule has 0 N–H and O–H groups in total. The molecule has 1 aliphatic carbocycles. The topological polar surface area (TPSA) is 97.8 Å². The maximum atomic E-state index is 14.0. The summed E-state index contributed by atoms with van der Waals surface area (Å²) in [6.45, 7) is 8.91. The van der Waals surface area contributed by atoms with E-state index >= 15 is 0 Å². The van der Waals surface area contributed by atoms with E-state index in [1.165, 1.54) is 23.2 Å². The number of ketones is 1. The minimum Gasteiger partial charge on any atom is -0.443 e. The summed E-state index contributed by atoms with van der Waals surface area (Å²) in [5, 5.41) is 2.06. The van der Waals surface area contributed by atoms with Crippen LogP contribution in [0.15, 0.2) is 11.4 Å². The number of rotatable bonds is 5. The Morgan fingerprint density at radius 1 is 1.17 bits per heavy atom. The molecule has 9 nitrogen and oxygen atoms in total. The molecule has 0 spiro atoms. The zero-order valence-electron chi connectivity index (χ0n) is 20.9. The molecule has 1 aliphatic heterocycles. The third kappa shape index (κ3) is 6.33. The summed E-state index contributed by atoms with van der Waals surface area (Å²) < 4.78 is 39.1. The minimum absolute atomic E-state index is 0.115. The van der Waals surface area contributed by atoms with Crippen molar-refractivity contribution < 1.29 is 27.8 Å². The maximum Gasteiger partial charge on any atom is 0.416 e. The molecule has 0 aromatic carbocycles. The molecule has 0 bridgehead atoms. The number of thiazole rings is 1. The highest BCUT2D eigenvalue weighted by molar-refractivity contribution is 7.13. The van der Waals surface area contributed by atoms with Gasteiger partial charge in [0.1, 0.15) is 22.9 Å². The molecule has 1 saturated heterocycles. The van der Waals surface area contributed by atoms with E-state index in [-0.39, 0.29) is 43.1 Å². The van der Waals surface area contributed by atoms with Crippen LogP contribution in [0.4, 0.5) is 25.2 Å². The first-order valence-electron chi connectivity index (χ1n) is 12.0. The lowest BCUT2D eigenvalue weighted by Gasteiger charge is -2.37. The first-order valence-corrected chi connectivity index (χ1v) is 12.9. The predicted octanol–water partition coefficient (Wildman–Crippen LogP) is 4.96. The summed E-state index contributed by atoms with van der Waals surface area (Å²) in [7, 11) is 0. The van der Waals surface area contributed by atoms with E-state index in [0.717, 1.165) is 0 Å². The van der Waals surface area contributed by atoms with Crippen LogP contribution in [-0.2, 0) is 9.47 Å². The normalized spacial score (nSPS) is 18.7. The first-order chi connectivity index (χ1) is 16.9. The standard InChI is InChI=1S/C24H31F2N5O4S/c1-15(32)17-14-36-21(27-17)20-28-18(30-9-11-34-12-10-30)13-19(29-20)31(22(33)35-23(2,3)4)16-5-7-24(25,26)8-6-16/h13-14,16H,5-12H2,1-4H3. The molecule has 196 valence electrons. The van der Waals surface area contributed by atoms with Crippen LogP contribution in [-0.4, -0.2) is 70.7 Å². The molecule has 2 aromatic rings. The number of amides is 1. The van der Waals surface area contributed by atoms with Crippen LogP contribution in [0, 0.1) is 0 Å². The number of carbonyl (C=O) groups excluding carboxylic acids is 2. The Bertz CT molecular complexity index is 1100. The summed E-state index contributed by atoms with van der Waals surface area (Å²) in [5.74, 6) is -1.87. The smallest absolute Gasteiger partial charge is 0.416 e. The Labute approximate surface area is 212 Å². The number of aromatic nitrogens is 3. The van der Waals surface area contributed by atoms with Gasteiger partial charge in [0.05, 0.1) is 13.2 Å². The zero-order valence-corrected chi connectivity index (χ0v) is 21.7.